The normalized spacial score (nSPS) is 12.9. The molecule has 0 saturated carbocycles. The number of para-hydroxylation sites is 1. The average molecular weight is 297 g/mol. The molecule has 0 bridgehead atoms. The van der Waals surface area contributed by atoms with Gasteiger partial charge in [-0.1, -0.05) is 18.2 Å². The summed E-state index contributed by atoms with van der Waals surface area (Å²) in [6.45, 7) is 3.15. The molecule has 3 rings (SSSR count). The van der Waals surface area contributed by atoms with Crippen molar-refractivity contribution in [2.75, 3.05) is 25.2 Å². The SMILES string of the molecule is CCOc1cc(C(=O)N2CCc3ccccc32)ccc1OC. The quantitative estimate of drug-likeness (QED) is 0.869. The fourth-order valence-electron chi connectivity index (χ4n) is 2.78. The van der Waals surface area contributed by atoms with Gasteiger partial charge in [0.25, 0.3) is 5.91 Å². The Morgan fingerprint density at radius 1 is 1.18 bits per heavy atom. The van der Waals surface area contributed by atoms with E-state index < -0.39 is 0 Å². The molecule has 0 fully saturated rings. The van der Waals surface area contributed by atoms with Crippen LogP contribution in [-0.2, 0) is 6.42 Å². The fourth-order valence-corrected chi connectivity index (χ4v) is 2.78. The van der Waals surface area contributed by atoms with Crippen LogP contribution in [0.1, 0.15) is 22.8 Å². The number of benzene rings is 2. The van der Waals surface area contributed by atoms with E-state index in [0.29, 0.717) is 30.2 Å². The lowest BCUT2D eigenvalue weighted by atomic mass is 10.1. The van der Waals surface area contributed by atoms with Crippen molar-refractivity contribution in [1.29, 1.82) is 0 Å². The third-order valence-corrected chi connectivity index (χ3v) is 3.84. The van der Waals surface area contributed by atoms with E-state index in [2.05, 4.69) is 6.07 Å². The lowest BCUT2D eigenvalue weighted by Crippen LogP contribution is -2.28. The summed E-state index contributed by atoms with van der Waals surface area (Å²) in [6.07, 6.45) is 0.899. The van der Waals surface area contributed by atoms with Crippen molar-refractivity contribution in [3.05, 3.63) is 53.6 Å². The van der Waals surface area contributed by atoms with E-state index in [1.165, 1.54) is 5.56 Å². The van der Waals surface area contributed by atoms with Crippen LogP contribution in [0.25, 0.3) is 0 Å². The number of hydrogen-bond donors (Lipinski definition) is 0. The first-order valence-electron chi connectivity index (χ1n) is 7.45. The highest BCUT2D eigenvalue weighted by molar-refractivity contribution is 6.07. The van der Waals surface area contributed by atoms with Gasteiger partial charge in [0.2, 0.25) is 0 Å². The molecule has 2 aromatic rings. The molecular weight excluding hydrogens is 278 g/mol. The Hall–Kier alpha value is -2.49. The van der Waals surface area contributed by atoms with Crippen LogP contribution in [0.3, 0.4) is 0 Å². The topological polar surface area (TPSA) is 38.8 Å². The molecule has 0 spiro atoms. The summed E-state index contributed by atoms with van der Waals surface area (Å²) in [6, 6.07) is 13.4. The standard InChI is InChI=1S/C18H19NO3/c1-3-22-17-12-14(8-9-16(17)21-2)18(20)19-11-10-13-6-4-5-7-15(13)19/h4-9,12H,3,10-11H2,1-2H3. The van der Waals surface area contributed by atoms with E-state index >= 15 is 0 Å². The van der Waals surface area contributed by atoms with Gasteiger partial charge in [0.1, 0.15) is 0 Å². The lowest BCUT2D eigenvalue weighted by Gasteiger charge is -2.18. The molecule has 0 radical (unpaired) electrons. The van der Waals surface area contributed by atoms with Gasteiger partial charge in [-0.05, 0) is 43.2 Å². The first kappa shape index (κ1) is 14.4. The number of nitrogens with zero attached hydrogens (tertiary/aromatic N) is 1. The summed E-state index contributed by atoms with van der Waals surface area (Å²) >= 11 is 0. The zero-order valence-corrected chi connectivity index (χ0v) is 12.8. The number of methoxy groups -OCH3 is 1. The van der Waals surface area contributed by atoms with Crippen molar-refractivity contribution in [3.63, 3.8) is 0 Å². The van der Waals surface area contributed by atoms with Crippen molar-refractivity contribution in [2.45, 2.75) is 13.3 Å². The number of rotatable bonds is 4. The van der Waals surface area contributed by atoms with Gasteiger partial charge in [0.15, 0.2) is 11.5 Å². The number of amides is 1. The summed E-state index contributed by atoms with van der Waals surface area (Å²) in [4.78, 5) is 14.6. The molecule has 0 unspecified atom stereocenters. The van der Waals surface area contributed by atoms with Gasteiger partial charge in [0.05, 0.1) is 13.7 Å². The van der Waals surface area contributed by atoms with Gasteiger partial charge >= 0.3 is 0 Å². The molecule has 0 atom stereocenters. The summed E-state index contributed by atoms with van der Waals surface area (Å²) in [5, 5.41) is 0. The number of hydrogen-bond acceptors (Lipinski definition) is 3. The van der Waals surface area contributed by atoms with Crippen molar-refractivity contribution in [2.24, 2.45) is 0 Å². The van der Waals surface area contributed by atoms with E-state index in [-0.39, 0.29) is 5.91 Å². The molecule has 2 aromatic carbocycles. The lowest BCUT2D eigenvalue weighted by molar-refractivity contribution is 0.0989. The molecule has 1 aliphatic rings. The molecule has 4 heteroatoms. The van der Waals surface area contributed by atoms with Gasteiger partial charge in [0, 0.05) is 17.8 Å². The summed E-state index contributed by atoms with van der Waals surface area (Å²) in [5.74, 6) is 1.23. The second kappa shape index (κ2) is 6.10. The smallest absolute Gasteiger partial charge is 0.258 e. The summed E-state index contributed by atoms with van der Waals surface area (Å²) in [7, 11) is 1.59. The molecule has 4 nitrogen and oxygen atoms in total. The third-order valence-electron chi connectivity index (χ3n) is 3.84. The molecule has 1 heterocycles. The van der Waals surface area contributed by atoms with Crippen LogP contribution in [-0.4, -0.2) is 26.2 Å². The molecule has 0 aliphatic carbocycles. The second-order valence-corrected chi connectivity index (χ2v) is 5.13. The molecule has 0 aromatic heterocycles. The number of anilines is 1. The molecule has 1 amide bonds. The minimum atomic E-state index is -0.00597. The summed E-state index contributed by atoms with van der Waals surface area (Å²) < 4.78 is 10.8. The maximum atomic E-state index is 12.8. The Bertz CT molecular complexity index is 696. The minimum absolute atomic E-state index is 0.00597. The Kier molecular flexibility index (Phi) is 4.00. The van der Waals surface area contributed by atoms with Crippen molar-refractivity contribution in [1.82, 2.24) is 0 Å². The van der Waals surface area contributed by atoms with Gasteiger partial charge in [-0.2, -0.15) is 0 Å². The van der Waals surface area contributed by atoms with Crippen LogP contribution >= 0.6 is 0 Å². The van der Waals surface area contributed by atoms with E-state index in [4.69, 9.17) is 9.47 Å². The fraction of sp³-hybridized carbons (Fsp3) is 0.278. The first-order valence-corrected chi connectivity index (χ1v) is 7.45. The molecule has 0 N–H and O–H groups in total. The number of carbonyl (C=O) groups is 1. The molecular formula is C18H19NO3. The largest absolute Gasteiger partial charge is 0.493 e. The minimum Gasteiger partial charge on any atom is -0.493 e. The predicted octanol–water partition coefficient (Wildman–Crippen LogP) is 3.30. The Balaban J connectivity index is 1.91. The van der Waals surface area contributed by atoms with Crippen LogP contribution in [0.5, 0.6) is 11.5 Å². The van der Waals surface area contributed by atoms with Crippen molar-refractivity contribution < 1.29 is 14.3 Å². The molecule has 0 saturated heterocycles. The molecule has 1 aliphatic heterocycles. The van der Waals surface area contributed by atoms with E-state index in [1.807, 2.05) is 30.0 Å². The van der Waals surface area contributed by atoms with Crippen LogP contribution in [0.4, 0.5) is 5.69 Å². The monoisotopic (exact) mass is 297 g/mol. The van der Waals surface area contributed by atoms with Crippen molar-refractivity contribution >= 4 is 11.6 Å². The maximum Gasteiger partial charge on any atom is 0.258 e. The molecule has 22 heavy (non-hydrogen) atoms. The Morgan fingerprint density at radius 2 is 2.00 bits per heavy atom. The number of fused-ring (bicyclic) bond motifs is 1. The average Bonchev–Trinajstić information content (AvgIpc) is 2.98. The van der Waals surface area contributed by atoms with Crippen LogP contribution < -0.4 is 14.4 Å². The van der Waals surface area contributed by atoms with Gasteiger partial charge < -0.3 is 14.4 Å². The van der Waals surface area contributed by atoms with E-state index in [9.17, 15) is 4.79 Å². The maximum absolute atomic E-state index is 12.8. The van der Waals surface area contributed by atoms with Crippen molar-refractivity contribution in [3.8, 4) is 11.5 Å². The Morgan fingerprint density at radius 3 is 2.77 bits per heavy atom. The predicted molar refractivity (Wildman–Crippen MR) is 86.0 cm³/mol. The zero-order chi connectivity index (χ0) is 15.5. The first-order chi connectivity index (χ1) is 10.7. The number of ether oxygens (including phenoxy) is 2. The zero-order valence-electron chi connectivity index (χ0n) is 12.8. The highest BCUT2D eigenvalue weighted by atomic mass is 16.5. The van der Waals surface area contributed by atoms with Gasteiger partial charge in [-0.3, -0.25) is 4.79 Å². The molecule has 114 valence electrons. The highest BCUT2D eigenvalue weighted by Crippen LogP contribution is 2.32. The van der Waals surface area contributed by atoms with E-state index in [0.717, 1.165) is 12.1 Å². The third kappa shape index (κ3) is 2.52. The number of carbonyl (C=O) groups excluding carboxylic acids is 1. The Labute approximate surface area is 130 Å². The van der Waals surface area contributed by atoms with Crippen LogP contribution in [0.15, 0.2) is 42.5 Å². The van der Waals surface area contributed by atoms with E-state index in [1.54, 1.807) is 25.3 Å². The van der Waals surface area contributed by atoms with Gasteiger partial charge in [-0.25, -0.2) is 0 Å². The van der Waals surface area contributed by atoms with Crippen LogP contribution in [0, 0.1) is 0 Å². The summed E-state index contributed by atoms with van der Waals surface area (Å²) in [5.41, 5.74) is 2.83. The highest BCUT2D eigenvalue weighted by Gasteiger charge is 2.25. The van der Waals surface area contributed by atoms with Crippen LogP contribution in [0.2, 0.25) is 0 Å². The second-order valence-electron chi connectivity index (χ2n) is 5.13. The van der Waals surface area contributed by atoms with Gasteiger partial charge in [-0.15, -0.1) is 0 Å².